The van der Waals surface area contributed by atoms with Gasteiger partial charge in [0.15, 0.2) is 12.3 Å². The summed E-state index contributed by atoms with van der Waals surface area (Å²) in [5, 5.41) is 7.22. The van der Waals surface area contributed by atoms with Gasteiger partial charge in [-0.3, -0.25) is 9.59 Å². The minimum absolute atomic E-state index is 0.172. The number of carbonyl (C=O) groups excluding carboxylic acids is 2. The number of ether oxygens (including phenoxy) is 1. The van der Waals surface area contributed by atoms with E-state index in [-0.39, 0.29) is 18.9 Å². The molecule has 0 aliphatic rings. The second kappa shape index (κ2) is 8.43. The fourth-order valence-electron chi connectivity index (χ4n) is 3.32. The summed E-state index contributed by atoms with van der Waals surface area (Å²) in [5.74, 6) is -0.772. The highest BCUT2D eigenvalue weighted by molar-refractivity contribution is 5.93. The van der Waals surface area contributed by atoms with Crippen molar-refractivity contribution in [1.29, 1.82) is 0 Å². The molecule has 0 bridgehead atoms. The van der Waals surface area contributed by atoms with Crippen molar-refractivity contribution in [3.05, 3.63) is 58.0 Å². The van der Waals surface area contributed by atoms with Crippen molar-refractivity contribution in [2.45, 2.75) is 47.5 Å². The van der Waals surface area contributed by atoms with Crippen LogP contribution in [0.2, 0.25) is 0 Å². The average molecular weight is 394 g/mol. The molecule has 0 saturated carbocycles. The van der Waals surface area contributed by atoms with Gasteiger partial charge in [0, 0.05) is 29.6 Å². The average Bonchev–Trinajstić information content (AvgIpc) is 3.04. The van der Waals surface area contributed by atoms with Gasteiger partial charge in [0.25, 0.3) is 5.91 Å². The van der Waals surface area contributed by atoms with Gasteiger partial charge in [-0.25, -0.2) is 9.50 Å². The third-order valence-electron chi connectivity index (χ3n) is 5.11. The van der Waals surface area contributed by atoms with Crippen LogP contribution in [0.5, 0.6) is 0 Å². The van der Waals surface area contributed by atoms with Crippen LogP contribution < -0.4 is 5.32 Å². The molecule has 2 aromatic heterocycles. The standard InChI is InChI=1S/C22H26N4O3/c1-13-7-6-8-19(15(13)3)24-21(27)12-29-22(28)10-9-18-16(4)23-20-11-14(2)25-26(20)17(18)5/h6-8,11H,9-10,12H2,1-5H3,(H,24,27). The topological polar surface area (TPSA) is 85.6 Å². The Morgan fingerprint density at radius 1 is 1.14 bits per heavy atom. The molecule has 0 aliphatic heterocycles. The summed E-state index contributed by atoms with van der Waals surface area (Å²) in [6.45, 7) is 9.42. The number of esters is 1. The lowest BCUT2D eigenvalue weighted by Crippen LogP contribution is -2.21. The van der Waals surface area contributed by atoms with Crippen molar-refractivity contribution in [3.63, 3.8) is 0 Å². The Morgan fingerprint density at radius 2 is 1.90 bits per heavy atom. The van der Waals surface area contributed by atoms with Gasteiger partial charge in [0.05, 0.1) is 5.69 Å². The van der Waals surface area contributed by atoms with Gasteiger partial charge in [-0.15, -0.1) is 0 Å². The molecular formula is C22H26N4O3. The number of amides is 1. The van der Waals surface area contributed by atoms with E-state index < -0.39 is 5.97 Å². The number of hydrogen-bond donors (Lipinski definition) is 1. The molecule has 7 heteroatoms. The molecule has 1 N–H and O–H groups in total. The van der Waals surface area contributed by atoms with Gasteiger partial charge >= 0.3 is 5.97 Å². The summed E-state index contributed by atoms with van der Waals surface area (Å²) in [4.78, 5) is 28.8. The van der Waals surface area contributed by atoms with Crippen LogP contribution in [0.4, 0.5) is 5.69 Å². The van der Waals surface area contributed by atoms with E-state index in [1.54, 1.807) is 4.52 Å². The number of benzene rings is 1. The number of aromatic nitrogens is 3. The SMILES string of the molecule is Cc1cc2nc(C)c(CCC(=O)OCC(=O)Nc3cccc(C)c3C)c(C)n2n1. The number of anilines is 1. The molecule has 0 radical (unpaired) electrons. The lowest BCUT2D eigenvalue weighted by molar-refractivity contribution is -0.147. The molecule has 7 nitrogen and oxygen atoms in total. The Morgan fingerprint density at radius 3 is 2.66 bits per heavy atom. The molecule has 1 amide bonds. The first kappa shape index (κ1) is 20.5. The zero-order valence-electron chi connectivity index (χ0n) is 17.5. The molecule has 152 valence electrons. The minimum atomic E-state index is -0.420. The van der Waals surface area contributed by atoms with E-state index in [1.807, 2.05) is 58.9 Å². The van der Waals surface area contributed by atoms with E-state index >= 15 is 0 Å². The highest BCUT2D eigenvalue weighted by Gasteiger charge is 2.14. The number of aryl methyl sites for hydroxylation is 4. The zero-order chi connectivity index (χ0) is 21.1. The van der Waals surface area contributed by atoms with Crippen molar-refractivity contribution in [1.82, 2.24) is 14.6 Å². The van der Waals surface area contributed by atoms with Crippen LogP contribution in [0, 0.1) is 34.6 Å². The van der Waals surface area contributed by atoms with Crippen molar-refractivity contribution in [2.75, 3.05) is 11.9 Å². The molecule has 1 aromatic carbocycles. The number of rotatable bonds is 6. The Kier molecular flexibility index (Phi) is 5.96. The lowest BCUT2D eigenvalue weighted by atomic mass is 10.1. The summed E-state index contributed by atoms with van der Waals surface area (Å²) in [6, 6.07) is 7.60. The third-order valence-corrected chi connectivity index (χ3v) is 5.11. The highest BCUT2D eigenvalue weighted by Crippen LogP contribution is 2.18. The molecule has 0 unspecified atom stereocenters. The first-order valence-corrected chi connectivity index (χ1v) is 9.60. The third kappa shape index (κ3) is 4.62. The van der Waals surface area contributed by atoms with E-state index in [4.69, 9.17) is 4.74 Å². The van der Waals surface area contributed by atoms with Crippen molar-refractivity contribution >= 4 is 23.2 Å². The predicted molar refractivity (Wildman–Crippen MR) is 111 cm³/mol. The van der Waals surface area contributed by atoms with E-state index in [9.17, 15) is 9.59 Å². The van der Waals surface area contributed by atoms with Crippen LogP contribution >= 0.6 is 0 Å². The monoisotopic (exact) mass is 394 g/mol. The molecule has 3 rings (SSSR count). The number of hydrogen-bond acceptors (Lipinski definition) is 5. The van der Waals surface area contributed by atoms with Gasteiger partial charge in [0.1, 0.15) is 0 Å². The molecule has 0 spiro atoms. The molecule has 0 aliphatic carbocycles. The molecule has 0 atom stereocenters. The maximum Gasteiger partial charge on any atom is 0.306 e. The molecule has 2 heterocycles. The van der Waals surface area contributed by atoms with Gasteiger partial charge < -0.3 is 10.1 Å². The zero-order valence-corrected chi connectivity index (χ0v) is 17.5. The second-order valence-electron chi connectivity index (χ2n) is 7.27. The van der Waals surface area contributed by atoms with Gasteiger partial charge in [-0.2, -0.15) is 5.10 Å². The predicted octanol–water partition coefficient (Wildman–Crippen LogP) is 3.39. The number of carbonyl (C=O) groups is 2. The lowest BCUT2D eigenvalue weighted by Gasteiger charge is -2.12. The quantitative estimate of drug-likeness (QED) is 0.648. The van der Waals surface area contributed by atoms with E-state index in [1.165, 1.54) is 0 Å². The Balaban J connectivity index is 1.56. The van der Waals surface area contributed by atoms with E-state index in [0.29, 0.717) is 6.42 Å². The first-order valence-electron chi connectivity index (χ1n) is 9.60. The smallest absolute Gasteiger partial charge is 0.306 e. The summed E-state index contributed by atoms with van der Waals surface area (Å²) in [6.07, 6.45) is 0.656. The van der Waals surface area contributed by atoms with Crippen LogP contribution in [0.25, 0.3) is 5.65 Å². The molecule has 0 saturated heterocycles. The number of nitrogens with one attached hydrogen (secondary N) is 1. The maximum atomic E-state index is 12.1. The van der Waals surface area contributed by atoms with Crippen LogP contribution in [-0.2, 0) is 20.7 Å². The summed E-state index contributed by atoms with van der Waals surface area (Å²) in [7, 11) is 0. The largest absolute Gasteiger partial charge is 0.456 e. The van der Waals surface area contributed by atoms with Gasteiger partial charge in [-0.05, 0) is 63.8 Å². The molecule has 3 aromatic rings. The van der Waals surface area contributed by atoms with Crippen molar-refractivity contribution < 1.29 is 14.3 Å². The minimum Gasteiger partial charge on any atom is -0.456 e. The first-order chi connectivity index (χ1) is 13.8. The van der Waals surface area contributed by atoms with Crippen LogP contribution in [-0.4, -0.2) is 33.1 Å². The fraction of sp³-hybridized carbons (Fsp3) is 0.364. The maximum absolute atomic E-state index is 12.1. The second-order valence-corrected chi connectivity index (χ2v) is 7.27. The highest BCUT2D eigenvalue weighted by atomic mass is 16.5. The van der Waals surface area contributed by atoms with Crippen LogP contribution in [0.1, 0.15) is 40.2 Å². The van der Waals surface area contributed by atoms with Crippen molar-refractivity contribution in [3.8, 4) is 0 Å². The van der Waals surface area contributed by atoms with Crippen LogP contribution in [0.3, 0.4) is 0 Å². The van der Waals surface area contributed by atoms with Crippen molar-refractivity contribution in [2.24, 2.45) is 0 Å². The normalized spacial score (nSPS) is 10.9. The number of nitrogens with zero attached hydrogens (tertiary/aromatic N) is 3. The summed E-state index contributed by atoms with van der Waals surface area (Å²) < 4.78 is 6.94. The van der Waals surface area contributed by atoms with E-state index in [2.05, 4.69) is 15.4 Å². The van der Waals surface area contributed by atoms with Gasteiger partial charge in [-0.1, -0.05) is 12.1 Å². The Labute approximate surface area is 170 Å². The fourth-order valence-corrected chi connectivity index (χ4v) is 3.32. The Hall–Kier alpha value is -3.22. The molecule has 29 heavy (non-hydrogen) atoms. The number of fused-ring (bicyclic) bond motifs is 1. The molecular weight excluding hydrogens is 368 g/mol. The van der Waals surface area contributed by atoms with E-state index in [0.717, 1.165) is 45.1 Å². The summed E-state index contributed by atoms with van der Waals surface area (Å²) in [5.41, 5.74) is 7.30. The molecule has 0 fully saturated rings. The summed E-state index contributed by atoms with van der Waals surface area (Å²) >= 11 is 0. The van der Waals surface area contributed by atoms with Gasteiger partial charge in [0.2, 0.25) is 0 Å². The Bertz CT molecular complexity index is 1090. The van der Waals surface area contributed by atoms with Crippen LogP contribution in [0.15, 0.2) is 24.3 Å².